The van der Waals surface area contributed by atoms with Crippen LogP contribution in [0.5, 0.6) is 0 Å². The first-order valence-corrected chi connectivity index (χ1v) is 7.36. The van der Waals surface area contributed by atoms with Crippen LogP contribution in [-0.2, 0) is 15.7 Å². The number of hydrogen-bond donors (Lipinski definition) is 1. The number of benzene rings is 1. The van der Waals surface area contributed by atoms with Gasteiger partial charge in [0.1, 0.15) is 0 Å². The molecule has 1 fully saturated rings. The number of alkyl halides is 3. The van der Waals surface area contributed by atoms with E-state index in [0.717, 1.165) is 12.1 Å². The molecule has 1 aliphatic rings. The highest BCUT2D eigenvalue weighted by Crippen LogP contribution is 2.31. The van der Waals surface area contributed by atoms with Crippen LogP contribution in [0.1, 0.15) is 43.9 Å². The predicted molar refractivity (Wildman–Crippen MR) is 76.1 cm³/mol. The monoisotopic (exact) mass is 315 g/mol. The van der Waals surface area contributed by atoms with E-state index in [2.05, 4.69) is 5.32 Å². The molecule has 1 aromatic rings. The van der Waals surface area contributed by atoms with E-state index in [1.54, 1.807) is 13.0 Å². The molecule has 22 heavy (non-hydrogen) atoms. The number of carbonyl (C=O) groups excluding carboxylic acids is 1. The third-order valence-corrected chi connectivity index (χ3v) is 3.93. The fourth-order valence-corrected chi connectivity index (χ4v) is 2.64. The summed E-state index contributed by atoms with van der Waals surface area (Å²) in [7, 11) is 0. The second kappa shape index (κ2) is 6.69. The van der Waals surface area contributed by atoms with Gasteiger partial charge in [-0.05, 0) is 44.4 Å². The number of amides is 1. The molecule has 0 radical (unpaired) electrons. The van der Waals surface area contributed by atoms with Gasteiger partial charge in [-0.15, -0.1) is 0 Å². The minimum Gasteiger partial charge on any atom is -0.378 e. The molecule has 1 saturated heterocycles. The molecule has 2 rings (SSSR count). The molecule has 1 aromatic carbocycles. The van der Waals surface area contributed by atoms with E-state index in [-0.39, 0.29) is 17.9 Å². The Hall–Kier alpha value is -1.56. The molecule has 122 valence electrons. The summed E-state index contributed by atoms with van der Waals surface area (Å²) in [6.07, 6.45) is -3.06. The van der Waals surface area contributed by atoms with E-state index in [1.807, 2.05) is 6.92 Å². The quantitative estimate of drug-likeness (QED) is 0.923. The van der Waals surface area contributed by atoms with Crippen LogP contribution >= 0.6 is 0 Å². The van der Waals surface area contributed by atoms with Gasteiger partial charge in [-0.2, -0.15) is 13.2 Å². The first kappa shape index (κ1) is 16.8. The van der Waals surface area contributed by atoms with Gasteiger partial charge in [-0.25, -0.2) is 0 Å². The van der Waals surface area contributed by atoms with E-state index < -0.39 is 17.8 Å². The van der Waals surface area contributed by atoms with Crippen LogP contribution in [0.2, 0.25) is 0 Å². The Morgan fingerprint density at radius 2 is 2.14 bits per heavy atom. The zero-order valence-electron chi connectivity index (χ0n) is 12.6. The predicted octanol–water partition coefficient (Wildman–Crippen LogP) is 3.70. The SMILES string of the molecule is C[C@@H]1C[C@@H](C(=O)N[C@@H](C)c2cccc(C(F)(F)F)c2)CCO1. The van der Waals surface area contributed by atoms with Crippen LogP contribution in [-0.4, -0.2) is 18.6 Å². The van der Waals surface area contributed by atoms with Crippen molar-refractivity contribution in [1.82, 2.24) is 5.32 Å². The fraction of sp³-hybridized carbons (Fsp3) is 0.562. The van der Waals surface area contributed by atoms with Crippen LogP contribution in [0.3, 0.4) is 0 Å². The van der Waals surface area contributed by atoms with E-state index in [0.29, 0.717) is 25.0 Å². The highest BCUT2D eigenvalue weighted by molar-refractivity contribution is 5.79. The van der Waals surface area contributed by atoms with Crippen LogP contribution in [0.25, 0.3) is 0 Å². The lowest BCUT2D eigenvalue weighted by Gasteiger charge is -2.27. The van der Waals surface area contributed by atoms with Gasteiger partial charge in [0.2, 0.25) is 5.91 Å². The van der Waals surface area contributed by atoms with Crippen LogP contribution < -0.4 is 5.32 Å². The number of hydrogen-bond acceptors (Lipinski definition) is 2. The summed E-state index contributed by atoms with van der Waals surface area (Å²) < 4.78 is 43.6. The summed E-state index contributed by atoms with van der Waals surface area (Å²) in [6.45, 7) is 4.14. The van der Waals surface area contributed by atoms with Crippen molar-refractivity contribution in [2.24, 2.45) is 5.92 Å². The Morgan fingerprint density at radius 3 is 2.77 bits per heavy atom. The van der Waals surface area contributed by atoms with Crippen LogP contribution in [0.15, 0.2) is 24.3 Å². The van der Waals surface area contributed by atoms with Crippen molar-refractivity contribution in [3.8, 4) is 0 Å². The number of carbonyl (C=O) groups is 1. The number of halogens is 3. The first-order valence-electron chi connectivity index (χ1n) is 7.36. The van der Waals surface area contributed by atoms with E-state index >= 15 is 0 Å². The second-order valence-corrected chi connectivity index (χ2v) is 5.76. The van der Waals surface area contributed by atoms with Crippen molar-refractivity contribution < 1.29 is 22.7 Å². The first-order chi connectivity index (χ1) is 10.3. The molecule has 1 N–H and O–H groups in total. The molecule has 6 heteroatoms. The molecular formula is C16H20F3NO2. The molecule has 0 spiro atoms. The largest absolute Gasteiger partial charge is 0.416 e. The van der Waals surface area contributed by atoms with E-state index in [9.17, 15) is 18.0 Å². The normalized spacial score (nSPS) is 23.9. The van der Waals surface area contributed by atoms with Gasteiger partial charge in [0.15, 0.2) is 0 Å². The van der Waals surface area contributed by atoms with Gasteiger partial charge in [0.25, 0.3) is 0 Å². The summed E-state index contributed by atoms with van der Waals surface area (Å²) in [4.78, 5) is 12.2. The second-order valence-electron chi connectivity index (χ2n) is 5.76. The lowest BCUT2D eigenvalue weighted by molar-refractivity contribution is -0.137. The van der Waals surface area contributed by atoms with E-state index in [1.165, 1.54) is 6.07 Å². The van der Waals surface area contributed by atoms with Crippen LogP contribution in [0.4, 0.5) is 13.2 Å². The van der Waals surface area contributed by atoms with Crippen molar-refractivity contribution in [3.05, 3.63) is 35.4 Å². The maximum Gasteiger partial charge on any atom is 0.416 e. The maximum absolute atomic E-state index is 12.7. The zero-order valence-corrected chi connectivity index (χ0v) is 12.6. The van der Waals surface area contributed by atoms with Gasteiger partial charge in [-0.1, -0.05) is 12.1 Å². The van der Waals surface area contributed by atoms with Crippen molar-refractivity contribution in [2.45, 2.75) is 45.0 Å². The standard InChI is InChI=1S/C16H20F3NO2/c1-10-8-13(6-7-22-10)15(21)20-11(2)12-4-3-5-14(9-12)16(17,18)19/h3-5,9-11,13H,6-8H2,1-2H3,(H,20,21)/t10-,11+,13+/m1/s1. The molecule has 0 aromatic heterocycles. The molecule has 3 nitrogen and oxygen atoms in total. The Morgan fingerprint density at radius 1 is 1.41 bits per heavy atom. The molecule has 0 unspecified atom stereocenters. The maximum atomic E-state index is 12.7. The topological polar surface area (TPSA) is 38.3 Å². The highest BCUT2D eigenvalue weighted by Gasteiger charge is 2.31. The average Bonchev–Trinajstić information content (AvgIpc) is 2.46. The minimum atomic E-state index is -4.38. The summed E-state index contributed by atoms with van der Waals surface area (Å²) in [6, 6.07) is 4.59. The summed E-state index contributed by atoms with van der Waals surface area (Å²) in [5.41, 5.74) is -0.255. The van der Waals surface area contributed by atoms with Gasteiger partial charge in [0, 0.05) is 12.5 Å². The summed E-state index contributed by atoms with van der Waals surface area (Å²) >= 11 is 0. The van der Waals surface area contributed by atoms with Gasteiger partial charge >= 0.3 is 6.18 Å². The smallest absolute Gasteiger partial charge is 0.378 e. The molecule has 0 aliphatic carbocycles. The highest BCUT2D eigenvalue weighted by atomic mass is 19.4. The Labute approximate surface area is 127 Å². The van der Waals surface area contributed by atoms with Crippen molar-refractivity contribution in [2.75, 3.05) is 6.61 Å². The summed E-state index contributed by atoms with van der Waals surface area (Å²) in [5, 5.41) is 2.80. The zero-order chi connectivity index (χ0) is 16.3. The molecule has 0 saturated carbocycles. The molecule has 3 atom stereocenters. The van der Waals surface area contributed by atoms with Crippen molar-refractivity contribution in [1.29, 1.82) is 0 Å². The molecule has 1 heterocycles. The Bertz CT molecular complexity index is 530. The van der Waals surface area contributed by atoms with Gasteiger partial charge in [0.05, 0.1) is 17.7 Å². The van der Waals surface area contributed by atoms with Gasteiger partial charge in [-0.3, -0.25) is 4.79 Å². The molecular weight excluding hydrogens is 295 g/mol. The third kappa shape index (κ3) is 4.22. The summed E-state index contributed by atoms with van der Waals surface area (Å²) in [5.74, 6) is -0.267. The Kier molecular flexibility index (Phi) is 5.11. The molecule has 0 bridgehead atoms. The molecule has 1 aliphatic heterocycles. The van der Waals surface area contributed by atoms with Crippen molar-refractivity contribution >= 4 is 5.91 Å². The number of rotatable bonds is 3. The Balaban J connectivity index is 2.02. The third-order valence-electron chi connectivity index (χ3n) is 3.93. The van der Waals surface area contributed by atoms with Crippen molar-refractivity contribution in [3.63, 3.8) is 0 Å². The lowest BCUT2D eigenvalue weighted by atomic mass is 9.94. The average molecular weight is 315 g/mol. The van der Waals surface area contributed by atoms with Gasteiger partial charge < -0.3 is 10.1 Å². The molecule has 1 amide bonds. The van der Waals surface area contributed by atoms with E-state index in [4.69, 9.17) is 4.74 Å². The minimum absolute atomic E-state index is 0.0355. The fourth-order valence-electron chi connectivity index (χ4n) is 2.64. The number of ether oxygens (including phenoxy) is 1. The lowest BCUT2D eigenvalue weighted by Crippen LogP contribution is -2.37. The number of nitrogens with one attached hydrogen (secondary N) is 1. The van der Waals surface area contributed by atoms with Crippen LogP contribution in [0, 0.1) is 5.92 Å².